The van der Waals surface area contributed by atoms with Crippen LogP contribution < -0.4 is 10.1 Å². The van der Waals surface area contributed by atoms with Crippen molar-refractivity contribution >= 4 is 17.8 Å². The van der Waals surface area contributed by atoms with E-state index >= 15 is 0 Å². The zero-order valence-electron chi connectivity index (χ0n) is 21.1. The normalized spacial score (nSPS) is 12.7. The van der Waals surface area contributed by atoms with E-state index in [1.807, 2.05) is 19.1 Å². The van der Waals surface area contributed by atoms with Gasteiger partial charge in [-0.2, -0.15) is 0 Å². The molecule has 0 aliphatic heterocycles. The van der Waals surface area contributed by atoms with Crippen LogP contribution in [0.5, 0.6) is 5.75 Å². The Balaban J connectivity index is 2.03. The number of amides is 1. The maximum atomic E-state index is 13.7. The fourth-order valence-electron chi connectivity index (χ4n) is 3.49. The first-order valence-corrected chi connectivity index (χ1v) is 11.6. The summed E-state index contributed by atoms with van der Waals surface area (Å²) in [6.45, 7) is 7.15. The van der Waals surface area contributed by atoms with Gasteiger partial charge >= 0.3 is 12.1 Å². The maximum Gasteiger partial charge on any atom is 0.408 e. The summed E-state index contributed by atoms with van der Waals surface area (Å²) in [5, 5.41) is 2.76. The number of benzene rings is 3. The summed E-state index contributed by atoms with van der Waals surface area (Å²) in [5.41, 5.74) is 1.40. The van der Waals surface area contributed by atoms with E-state index in [0.717, 1.165) is 5.56 Å². The molecule has 7 heteroatoms. The predicted octanol–water partition coefficient (Wildman–Crippen LogP) is 5.68. The number of aryl methyl sites for hydroxylation is 1. The number of Topliss-reactive ketones (excluding diaryl/α,β-unsaturated/α-hetero) is 1. The maximum absolute atomic E-state index is 13.7. The molecule has 0 spiro atoms. The quantitative estimate of drug-likeness (QED) is 0.323. The molecule has 0 saturated carbocycles. The molecule has 1 amide bonds. The number of alkyl carbamates (subject to hydrolysis) is 1. The number of ether oxygens (including phenoxy) is 3. The van der Waals surface area contributed by atoms with Crippen LogP contribution in [0.25, 0.3) is 0 Å². The molecule has 3 aromatic carbocycles. The molecule has 188 valence electrons. The van der Waals surface area contributed by atoms with Crippen molar-refractivity contribution in [3.63, 3.8) is 0 Å². The first-order chi connectivity index (χ1) is 17.1. The van der Waals surface area contributed by atoms with Crippen LogP contribution in [-0.2, 0) is 9.47 Å². The number of hydrogen-bond acceptors (Lipinski definition) is 6. The molecule has 0 aliphatic carbocycles. The van der Waals surface area contributed by atoms with Crippen LogP contribution in [0.2, 0.25) is 0 Å². The summed E-state index contributed by atoms with van der Waals surface area (Å²) >= 11 is 0. The van der Waals surface area contributed by atoms with Crippen LogP contribution >= 0.6 is 0 Å². The Morgan fingerprint density at radius 2 is 1.42 bits per heavy atom. The minimum absolute atomic E-state index is 0.238. The van der Waals surface area contributed by atoms with E-state index in [2.05, 4.69) is 5.32 Å². The third kappa shape index (κ3) is 7.18. The summed E-state index contributed by atoms with van der Waals surface area (Å²) in [7, 11) is 1.52. The molecule has 2 atom stereocenters. The third-order valence-corrected chi connectivity index (χ3v) is 5.29. The Bertz CT molecular complexity index is 1180. The second-order valence-electron chi connectivity index (χ2n) is 9.32. The summed E-state index contributed by atoms with van der Waals surface area (Å²) in [5.74, 6) is -0.596. The highest BCUT2D eigenvalue weighted by Gasteiger charge is 2.36. The Labute approximate surface area is 211 Å². The van der Waals surface area contributed by atoms with Crippen molar-refractivity contribution in [1.82, 2.24) is 5.32 Å². The van der Waals surface area contributed by atoms with Gasteiger partial charge in [0.2, 0.25) is 5.78 Å². The summed E-state index contributed by atoms with van der Waals surface area (Å²) in [6.07, 6.45) is -2.10. The number of nitrogens with one attached hydrogen (secondary N) is 1. The van der Waals surface area contributed by atoms with Gasteiger partial charge in [0.25, 0.3) is 0 Å². The Morgan fingerprint density at radius 3 is 1.97 bits per heavy atom. The average Bonchev–Trinajstić information content (AvgIpc) is 2.85. The minimum Gasteiger partial charge on any atom is -0.497 e. The van der Waals surface area contributed by atoms with Gasteiger partial charge in [-0.1, -0.05) is 60.2 Å². The molecule has 0 bridgehead atoms. The fraction of sp³-hybridized carbons (Fsp3) is 0.276. The van der Waals surface area contributed by atoms with Gasteiger partial charge in [-0.05, 0) is 57.5 Å². The van der Waals surface area contributed by atoms with Crippen LogP contribution in [0.3, 0.4) is 0 Å². The monoisotopic (exact) mass is 489 g/mol. The molecule has 0 fully saturated rings. The number of carbonyl (C=O) groups is 3. The van der Waals surface area contributed by atoms with Gasteiger partial charge in [0.15, 0.2) is 6.10 Å². The molecular weight excluding hydrogens is 458 g/mol. The number of carbonyl (C=O) groups excluding carboxylic acids is 3. The van der Waals surface area contributed by atoms with Crippen LogP contribution in [0.1, 0.15) is 58.7 Å². The van der Waals surface area contributed by atoms with E-state index < -0.39 is 35.6 Å². The lowest BCUT2D eigenvalue weighted by Crippen LogP contribution is -2.44. The Hall–Kier alpha value is -4.13. The zero-order chi connectivity index (χ0) is 26.3. The van der Waals surface area contributed by atoms with E-state index in [1.165, 1.54) is 7.11 Å². The number of rotatable bonds is 8. The molecule has 0 aromatic heterocycles. The molecule has 0 saturated heterocycles. The van der Waals surface area contributed by atoms with E-state index in [-0.39, 0.29) is 5.56 Å². The van der Waals surface area contributed by atoms with Gasteiger partial charge in [-0.3, -0.25) is 4.79 Å². The van der Waals surface area contributed by atoms with E-state index in [9.17, 15) is 14.4 Å². The average molecular weight is 490 g/mol. The van der Waals surface area contributed by atoms with Crippen molar-refractivity contribution in [1.29, 1.82) is 0 Å². The number of ketones is 1. The molecule has 3 aromatic rings. The fourth-order valence-corrected chi connectivity index (χ4v) is 3.49. The predicted molar refractivity (Wildman–Crippen MR) is 136 cm³/mol. The third-order valence-electron chi connectivity index (χ3n) is 5.29. The van der Waals surface area contributed by atoms with Gasteiger partial charge in [-0.15, -0.1) is 0 Å². The molecule has 0 unspecified atom stereocenters. The van der Waals surface area contributed by atoms with Crippen molar-refractivity contribution < 1.29 is 28.6 Å². The van der Waals surface area contributed by atoms with Crippen LogP contribution in [0.4, 0.5) is 4.79 Å². The van der Waals surface area contributed by atoms with Crippen molar-refractivity contribution in [2.75, 3.05) is 7.11 Å². The van der Waals surface area contributed by atoms with Gasteiger partial charge in [0, 0.05) is 5.56 Å². The summed E-state index contributed by atoms with van der Waals surface area (Å²) in [4.78, 5) is 39.6. The molecule has 1 N–H and O–H groups in total. The largest absolute Gasteiger partial charge is 0.497 e. The number of esters is 1. The zero-order valence-corrected chi connectivity index (χ0v) is 21.1. The Morgan fingerprint density at radius 1 is 0.806 bits per heavy atom. The lowest BCUT2D eigenvalue weighted by atomic mass is 9.94. The second kappa shape index (κ2) is 11.5. The Kier molecular flexibility index (Phi) is 8.48. The van der Waals surface area contributed by atoms with E-state index in [1.54, 1.807) is 87.5 Å². The minimum atomic E-state index is -1.36. The van der Waals surface area contributed by atoms with Gasteiger partial charge in [-0.25, -0.2) is 9.59 Å². The lowest BCUT2D eigenvalue weighted by molar-refractivity contribution is 0.0149. The van der Waals surface area contributed by atoms with Crippen molar-refractivity contribution in [2.45, 2.75) is 45.4 Å². The number of hydrogen-bond donors (Lipinski definition) is 1. The molecular formula is C29H31NO6. The molecule has 0 aliphatic rings. The molecule has 7 nitrogen and oxygen atoms in total. The van der Waals surface area contributed by atoms with Crippen LogP contribution in [0, 0.1) is 6.92 Å². The smallest absolute Gasteiger partial charge is 0.408 e. The van der Waals surface area contributed by atoms with E-state index in [4.69, 9.17) is 14.2 Å². The SMILES string of the molecule is COc1ccc(C(=O)O[C@@H](C(=O)c2ccccc2)[C@H](NC(=O)OC(C)(C)C)c2ccc(C)cc2)cc1. The molecule has 0 heterocycles. The standard InChI is InChI=1S/C29H31NO6/c1-19-11-13-20(14-12-19)24(30-28(33)36-29(2,3)4)26(25(31)21-9-7-6-8-10-21)35-27(32)22-15-17-23(34-5)18-16-22/h6-18,24,26H,1-5H3,(H,30,33)/t24-,26-/m1/s1. The van der Waals surface area contributed by atoms with Gasteiger partial charge in [0.1, 0.15) is 17.4 Å². The topological polar surface area (TPSA) is 90.9 Å². The number of methoxy groups -OCH3 is 1. The highest BCUT2D eigenvalue weighted by atomic mass is 16.6. The van der Waals surface area contributed by atoms with Gasteiger partial charge in [0.05, 0.1) is 12.7 Å². The van der Waals surface area contributed by atoms with Crippen LogP contribution in [-0.4, -0.2) is 36.7 Å². The van der Waals surface area contributed by atoms with Crippen molar-refractivity contribution in [3.8, 4) is 5.75 Å². The van der Waals surface area contributed by atoms with E-state index in [0.29, 0.717) is 16.9 Å². The summed E-state index contributed by atoms with van der Waals surface area (Å²) < 4.78 is 16.4. The van der Waals surface area contributed by atoms with Crippen molar-refractivity contribution in [3.05, 3.63) is 101 Å². The van der Waals surface area contributed by atoms with Crippen molar-refractivity contribution in [2.24, 2.45) is 0 Å². The van der Waals surface area contributed by atoms with Gasteiger partial charge < -0.3 is 19.5 Å². The summed E-state index contributed by atoms with van der Waals surface area (Å²) in [6, 6.07) is 21.1. The molecule has 36 heavy (non-hydrogen) atoms. The highest BCUT2D eigenvalue weighted by Crippen LogP contribution is 2.26. The highest BCUT2D eigenvalue weighted by molar-refractivity contribution is 6.02. The second-order valence-corrected chi connectivity index (χ2v) is 9.32. The lowest BCUT2D eigenvalue weighted by Gasteiger charge is -2.29. The molecule has 3 rings (SSSR count). The van der Waals surface area contributed by atoms with Crippen LogP contribution in [0.15, 0.2) is 78.9 Å². The first-order valence-electron chi connectivity index (χ1n) is 11.6. The first kappa shape index (κ1) is 26.5. The molecule has 0 radical (unpaired) electrons.